The number of nitro benzene ring substituents is 1. The summed E-state index contributed by atoms with van der Waals surface area (Å²) in [4.78, 5) is 22.2. The lowest BCUT2D eigenvalue weighted by atomic mass is 10.1. The van der Waals surface area contributed by atoms with E-state index < -0.39 is 10.9 Å². The van der Waals surface area contributed by atoms with Crippen LogP contribution < -0.4 is 0 Å². The van der Waals surface area contributed by atoms with E-state index in [2.05, 4.69) is 4.74 Å². The summed E-state index contributed by atoms with van der Waals surface area (Å²) in [6, 6.07) is 7.91. The van der Waals surface area contributed by atoms with Crippen molar-refractivity contribution in [2.45, 2.75) is 0 Å². The lowest BCUT2D eigenvalue weighted by Crippen LogP contribution is -1.99. The average Bonchev–Trinajstić information content (AvgIpc) is 2.87. The predicted octanol–water partition coefficient (Wildman–Crippen LogP) is 3.11. The lowest BCUT2D eigenvalue weighted by Gasteiger charge is -2.02. The molecule has 0 atom stereocenters. The second-order valence-electron chi connectivity index (χ2n) is 3.46. The number of carbonyl (C=O) groups is 1. The molecule has 1 aromatic carbocycles. The number of carbonyl (C=O) groups excluding carboxylic acids is 1. The van der Waals surface area contributed by atoms with E-state index in [1.807, 2.05) is 0 Å². The van der Waals surface area contributed by atoms with Crippen LogP contribution in [-0.4, -0.2) is 18.0 Å². The standard InChI is InChI=1S/C12H9NO4S/c1-17-12(14)11-10(5-6-18-11)8-3-2-4-9(7-8)13(15)16/h2-7H,1H3. The number of nitro groups is 1. The number of thiophene rings is 1. The molecule has 2 aromatic rings. The van der Waals surface area contributed by atoms with E-state index in [1.165, 1.54) is 30.6 Å². The van der Waals surface area contributed by atoms with Crippen molar-refractivity contribution in [3.63, 3.8) is 0 Å². The van der Waals surface area contributed by atoms with Gasteiger partial charge in [-0.1, -0.05) is 12.1 Å². The number of nitrogens with zero attached hydrogens (tertiary/aromatic N) is 1. The van der Waals surface area contributed by atoms with Gasteiger partial charge in [-0.15, -0.1) is 11.3 Å². The summed E-state index contributed by atoms with van der Waals surface area (Å²) in [5.41, 5.74) is 1.27. The lowest BCUT2D eigenvalue weighted by molar-refractivity contribution is -0.384. The summed E-state index contributed by atoms with van der Waals surface area (Å²) in [6.45, 7) is 0. The maximum absolute atomic E-state index is 11.5. The molecule has 0 saturated heterocycles. The molecule has 0 saturated carbocycles. The number of methoxy groups -OCH3 is 1. The Morgan fingerprint density at radius 1 is 1.39 bits per heavy atom. The molecule has 1 aromatic heterocycles. The van der Waals surface area contributed by atoms with Crippen LogP contribution in [0.25, 0.3) is 11.1 Å². The third kappa shape index (κ3) is 2.23. The molecule has 6 heteroatoms. The van der Waals surface area contributed by atoms with Gasteiger partial charge in [-0.05, 0) is 17.0 Å². The third-order valence-electron chi connectivity index (χ3n) is 2.40. The zero-order valence-corrected chi connectivity index (χ0v) is 10.3. The van der Waals surface area contributed by atoms with Crippen molar-refractivity contribution in [3.8, 4) is 11.1 Å². The van der Waals surface area contributed by atoms with Gasteiger partial charge in [-0.3, -0.25) is 10.1 Å². The Morgan fingerprint density at radius 3 is 2.83 bits per heavy atom. The molecule has 0 N–H and O–H groups in total. The average molecular weight is 263 g/mol. The number of benzene rings is 1. The van der Waals surface area contributed by atoms with Gasteiger partial charge in [0.1, 0.15) is 4.88 Å². The Balaban J connectivity index is 2.49. The van der Waals surface area contributed by atoms with Gasteiger partial charge in [0.2, 0.25) is 0 Å². The van der Waals surface area contributed by atoms with E-state index >= 15 is 0 Å². The molecule has 92 valence electrons. The number of non-ortho nitro benzene ring substituents is 1. The van der Waals surface area contributed by atoms with Crippen LogP contribution in [0.3, 0.4) is 0 Å². The van der Waals surface area contributed by atoms with Crippen LogP contribution in [0, 0.1) is 10.1 Å². The Kier molecular flexibility index (Phi) is 3.38. The first-order valence-electron chi connectivity index (χ1n) is 5.04. The van der Waals surface area contributed by atoms with Crippen LogP contribution in [0.15, 0.2) is 35.7 Å². The van der Waals surface area contributed by atoms with Crippen LogP contribution in [0.1, 0.15) is 9.67 Å². The fraction of sp³-hybridized carbons (Fsp3) is 0.0833. The molecule has 5 nitrogen and oxygen atoms in total. The van der Waals surface area contributed by atoms with Crippen LogP contribution in [0.4, 0.5) is 5.69 Å². The summed E-state index contributed by atoms with van der Waals surface area (Å²) in [7, 11) is 1.30. The fourth-order valence-electron chi connectivity index (χ4n) is 1.57. The van der Waals surface area contributed by atoms with Crippen molar-refractivity contribution in [3.05, 3.63) is 50.7 Å². The molecule has 0 aliphatic rings. The number of rotatable bonds is 3. The molecule has 0 aliphatic carbocycles. The zero-order chi connectivity index (χ0) is 13.1. The minimum Gasteiger partial charge on any atom is -0.465 e. The zero-order valence-electron chi connectivity index (χ0n) is 9.45. The van der Waals surface area contributed by atoms with Gasteiger partial charge < -0.3 is 4.74 Å². The van der Waals surface area contributed by atoms with E-state index in [4.69, 9.17) is 0 Å². The maximum atomic E-state index is 11.5. The molecule has 2 rings (SSSR count). The quantitative estimate of drug-likeness (QED) is 0.484. The van der Waals surface area contributed by atoms with Crippen molar-refractivity contribution in [1.82, 2.24) is 0 Å². The summed E-state index contributed by atoms with van der Waals surface area (Å²) < 4.78 is 4.67. The smallest absolute Gasteiger partial charge is 0.348 e. The SMILES string of the molecule is COC(=O)c1sccc1-c1cccc([N+](=O)[O-])c1. The first-order valence-corrected chi connectivity index (χ1v) is 5.92. The van der Waals surface area contributed by atoms with Crippen molar-refractivity contribution >= 4 is 23.0 Å². The van der Waals surface area contributed by atoms with Gasteiger partial charge in [0.25, 0.3) is 5.69 Å². The molecule has 0 radical (unpaired) electrons. The van der Waals surface area contributed by atoms with Crippen molar-refractivity contribution in [1.29, 1.82) is 0 Å². The Morgan fingerprint density at radius 2 is 2.17 bits per heavy atom. The second kappa shape index (κ2) is 4.97. The topological polar surface area (TPSA) is 69.4 Å². The van der Waals surface area contributed by atoms with Crippen LogP contribution in [-0.2, 0) is 4.74 Å². The van der Waals surface area contributed by atoms with E-state index in [9.17, 15) is 14.9 Å². The molecule has 0 fully saturated rings. The highest BCUT2D eigenvalue weighted by atomic mass is 32.1. The first-order chi connectivity index (χ1) is 8.63. The highest BCUT2D eigenvalue weighted by Crippen LogP contribution is 2.30. The molecule has 0 spiro atoms. The molecule has 18 heavy (non-hydrogen) atoms. The van der Waals surface area contributed by atoms with Gasteiger partial charge in [0.15, 0.2) is 0 Å². The van der Waals surface area contributed by atoms with E-state index in [0.29, 0.717) is 16.0 Å². The van der Waals surface area contributed by atoms with E-state index in [0.717, 1.165) is 0 Å². The third-order valence-corrected chi connectivity index (χ3v) is 3.30. The number of esters is 1. The molecule has 0 bridgehead atoms. The van der Waals surface area contributed by atoms with Crippen molar-refractivity contribution in [2.75, 3.05) is 7.11 Å². The highest BCUT2D eigenvalue weighted by molar-refractivity contribution is 7.12. The Labute approximate surface area is 107 Å². The molecule has 0 amide bonds. The minimum atomic E-state index is -0.465. The largest absolute Gasteiger partial charge is 0.465 e. The molecule has 1 heterocycles. The van der Waals surface area contributed by atoms with Crippen molar-refractivity contribution in [2.24, 2.45) is 0 Å². The van der Waals surface area contributed by atoms with Gasteiger partial charge in [-0.25, -0.2) is 4.79 Å². The van der Waals surface area contributed by atoms with Crippen LogP contribution in [0.2, 0.25) is 0 Å². The van der Waals surface area contributed by atoms with E-state index in [1.54, 1.807) is 23.6 Å². The van der Waals surface area contributed by atoms with Gasteiger partial charge in [0, 0.05) is 17.7 Å². The minimum absolute atomic E-state index is 0.00508. The van der Waals surface area contributed by atoms with E-state index in [-0.39, 0.29) is 5.69 Å². The Bertz CT molecular complexity index is 606. The fourth-order valence-corrected chi connectivity index (χ4v) is 2.41. The van der Waals surface area contributed by atoms with Crippen LogP contribution >= 0.6 is 11.3 Å². The second-order valence-corrected chi connectivity index (χ2v) is 4.38. The highest BCUT2D eigenvalue weighted by Gasteiger charge is 2.16. The molecule has 0 aliphatic heterocycles. The summed E-state index contributed by atoms with van der Waals surface area (Å²) in [5, 5.41) is 12.5. The van der Waals surface area contributed by atoms with Gasteiger partial charge >= 0.3 is 5.97 Å². The van der Waals surface area contributed by atoms with Gasteiger partial charge in [0.05, 0.1) is 12.0 Å². The number of hydrogen-bond acceptors (Lipinski definition) is 5. The first kappa shape index (κ1) is 12.3. The summed E-state index contributed by atoms with van der Waals surface area (Å²) >= 11 is 1.25. The van der Waals surface area contributed by atoms with Crippen molar-refractivity contribution < 1.29 is 14.5 Å². The number of ether oxygens (including phenoxy) is 1. The summed E-state index contributed by atoms with van der Waals surface area (Å²) in [5.74, 6) is -0.438. The molecular formula is C12H9NO4S. The monoisotopic (exact) mass is 263 g/mol. The molecular weight excluding hydrogens is 254 g/mol. The summed E-state index contributed by atoms with van der Waals surface area (Å²) in [6.07, 6.45) is 0. The van der Waals surface area contributed by atoms with Crippen LogP contribution in [0.5, 0.6) is 0 Å². The maximum Gasteiger partial charge on any atom is 0.348 e. The molecule has 0 unspecified atom stereocenters. The number of hydrogen-bond donors (Lipinski definition) is 0. The van der Waals surface area contributed by atoms with Gasteiger partial charge in [-0.2, -0.15) is 0 Å². The predicted molar refractivity (Wildman–Crippen MR) is 67.7 cm³/mol. The normalized spacial score (nSPS) is 10.1. The Hall–Kier alpha value is -2.21.